The molecule has 2 rings (SSSR count). The van der Waals surface area contributed by atoms with Gasteiger partial charge in [0.2, 0.25) is 11.8 Å². The summed E-state index contributed by atoms with van der Waals surface area (Å²) in [6.07, 6.45) is 1.78. The summed E-state index contributed by atoms with van der Waals surface area (Å²) < 4.78 is 0. The summed E-state index contributed by atoms with van der Waals surface area (Å²) in [6.45, 7) is 7.04. The van der Waals surface area contributed by atoms with Crippen LogP contribution in [0.4, 0.5) is 0 Å². The number of piperazine rings is 1. The van der Waals surface area contributed by atoms with Gasteiger partial charge in [0.15, 0.2) is 0 Å². The molecule has 0 aromatic rings. The van der Waals surface area contributed by atoms with Crippen molar-refractivity contribution in [2.75, 3.05) is 26.2 Å². The van der Waals surface area contributed by atoms with Crippen molar-refractivity contribution in [1.29, 1.82) is 0 Å². The van der Waals surface area contributed by atoms with Crippen molar-refractivity contribution in [2.45, 2.75) is 32.7 Å². The SMILES string of the molecule is CC(C)C1C(=O)NCCN1C(=O)C1CCNCC1.Cl. The van der Waals surface area contributed by atoms with E-state index in [-0.39, 0.29) is 42.1 Å². The molecule has 0 aromatic carbocycles. The molecule has 2 fully saturated rings. The summed E-state index contributed by atoms with van der Waals surface area (Å²) in [5.74, 6) is 0.429. The lowest BCUT2D eigenvalue weighted by Gasteiger charge is -2.39. The topological polar surface area (TPSA) is 61.4 Å². The van der Waals surface area contributed by atoms with Crippen LogP contribution < -0.4 is 10.6 Å². The van der Waals surface area contributed by atoms with Gasteiger partial charge in [-0.3, -0.25) is 9.59 Å². The molecule has 2 heterocycles. The van der Waals surface area contributed by atoms with Crippen molar-refractivity contribution >= 4 is 24.2 Å². The highest BCUT2D eigenvalue weighted by Crippen LogP contribution is 2.21. The third-order valence-corrected chi connectivity index (χ3v) is 3.86. The van der Waals surface area contributed by atoms with E-state index in [0.29, 0.717) is 13.1 Å². The Morgan fingerprint density at radius 3 is 2.47 bits per heavy atom. The normalized spacial score (nSPS) is 24.9. The first-order valence-electron chi connectivity index (χ1n) is 6.90. The molecular weight excluding hydrogens is 266 g/mol. The number of piperidine rings is 1. The molecule has 2 aliphatic rings. The second kappa shape index (κ2) is 7.10. The molecule has 1 unspecified atom stereocenters. The molecule has 0 spiro atoms. The minimum atomic E-state index is -0.291. The summed E-state index contributed by atoms with van der Waals surface area (Å²) in [7, 11) is 0. The molecule has 6 heteroatoms. The maximum atomic E-state index is 12.5. The molecule has 0 radical (unpaired) electrons. The quantitative estimate of drug-likeness (QED) is 0.773. The van der Waals surface area contributed by atoms with Crippen LogP contribution in [0.1, 0.15) is 26.7 Å². The molecule has 0 bridgehead atoms. The van der Waals surface area contributed by atoms with Crippen LogP contribution in [0.25, 0.3) is 0 Å². The van der Waals surface area contributed by atoms with Crippen LogP contribution in [0.15, 0.2) is 0 Å². The van der Waals surface area contributed by atoms with E-state index in [0.717, 1.165) is 25.9 Å². The highest BCUT2D eigenvalue weighted by Gasteiger charge is 2.37. The Bertz CT molecular complexity index is 330. The van der Waals surface area contributed by atoms with Crippen LogP contribution in [-0.4, -0.2) is 48.9 Å². The Hall–Kier alpha value is -0.810. The van der Waals surface area contributed by atoms with Gasteiger partial charge < -0.3 is 15.5 Å². The molecule has 2 amide bonds. The van der Waals surface area contributed by atoms with Crippen molar-refractivity contribution in [2.24, 2.45) is 11.8 Å². The minimum Gasteiger partial charge on any atom is -0.353 e. The summed E-state index contributed by atoms with van der Waals surface area (Å²) in [6, 6.07) is -0.291. The van der Waals surface area contributed by atoms with E-state index >= 15 is 0 Å². The van der Waals surface area contributed by atoms with Gasteiger partial charge in [0.25, 0.3) is 0 Å². The summed E-state index contributed by atoms with van der Waals surface area (Å²) >= 11 is 0. The van der Waals surface area contributed by atoms with Gasteiger partial charge in [-0.1, -0.05) is 13.8 Å². The number of hydrogen-bond acceptors (Lipinski definition) is 3. The van der Waals surface area contributed by atoms with Crippen molar-refractivity contribution in [1.82, 2.24) is 15.5 Å². The standard InChI is InChI=1S/C13H23N3O2.ClH/c1-9(2)11-12(17)15-7-8-16(11)13(18)10-3-5-14-6-4-10;/h9-11,14H,3-8H2,1-2H3,(H,15,17);1H. The average Bonchev–Trinajstić information content (AvgIpc) is 2.38. The van der Waals surface area contributed by atoms with Gasteiger partial charge in [0.05, 0.1) is 0 Å². The van der Waals surface area contributed by atoms with E-state index in [1.165, 1.54) is 0 Å². The number of nitrogens with one attached hydrogen (secondary N) is 2. The first-order chi connectivity index (χ1) is 8.61. The van der Waals surface area contributed by atoms with Crippen LogP contribution in [-0.2, 0) is 9.59 Å². The zero-order chi connectivity index (χ0) is 13.1. The van der Waals surface area contributed by atoms with Crippen molar-refractivity contribution in [3.05, 3.63) is 0 Å². The van der Waals surface area contributed by atoms with Crippen LogP contribution >= 0.6 is 12.4 Å². The van der Waals surface area contributed by atoms with E-state index in [9.17, 15) is 9.59 Å². The fraction of sp³-hybridized carbons (Fsp3) is 0.846. The summed E-state index contributed by atoms with van der Waals surface area (Å²) in [5.41, 5.74) is 0. The molecule has 1 atom stereocenters. The number of hydrogen-bond donors (Lipinski definition) is 2. The van der Waals surface area contributed by atoms with E-state index < -0.39 is 0 Å². The zero-order valence-electron chi connectivity index (χ0n) is 11.6. The molecule has 0 aromatic heterocycles. The van der Waals surface area contributed by atoms with Crippen LogP contribution in [0, 0.1) is 11.8 Å². The van der Waals surface area contributed by atoms with Gasteiger partial charge in [-0.15, -0.1) is 12.4 Å². The number of amides is 2. The van der Waals surface area contributed by atoms with E-state index in [4.69, 9.17) is 0 Å². The van der Waals surface area contributed by atoms with Gasteiger partial charge in [-0.25, -0.2) is 0 Å². The highest BCUT2D eigenvalue weighted by atomic mass is 35.5. The number of nitrogens with zero attached hydrogens (tertiary/aromatic N) is 1. The number of carbonyl (C=O) groups excluding carboxylic acids is 2. The maximum absolute atomic E-state index is 12.5. The Labute approximate surface area is 120 Å². The van der Waals surface area contributed by atoms with Gasteiger partial charge >= 0.3 is 0 Å². The first kappa shape index (κ1) is 16.2. The fourth-order valence-corrected chi connectivity index (χ4v) is 2.90. The van der Waals surface area contributed by atoms with Gasteiger partial charge in [0, 0.05) is 19.0 Å². The summed E-state index contributed by atoms with van der Waals surface area (Å²) in [5, 5.41) is 6.12. The Kier molecular flexibility index (Phi) is 6.07. The lowest BCUT2D eigenvalue weighted by molar-refractivity contribution is -0.148. The van der Waals surface area contributed by atoms with E-state index in [2.05, 4.69) is 10.6 Å². The molecule has 2 N–H and O–H groups in total. The van der Waals surface area contributed by atoms with Gasteiger partial charge in [0.1, 0.15) is 6.04 Å². The molecule has 0 aliphatic carbocycles. The predicted molar refractivity (Wildman–Crippen MR) is 76.2 cm³/mol. The van der Waals surface area contributed by atoms with Crippen molar-refractivity contribution < 1.29 is 9.59 Å². The third kappa shape index (κ3) is 3.60. The van der Waals surface area contributed by atoms with E-state index in [1.54, 1.807) is 4.90 Å². The molecule has 5 nitrogen and oxygen atoms in total. The van der Waals surface area contributed by atoms with Gasteiger partial charge in [-0.2, -0.15) is 0 Å². The van der Waals surface area contributed by atoms with Crippen LogP contribution in [0.2, 0.25) is 0 Å². The second-order valence-electron chi connectivity index (χ2n) is 5.54. The molecular formula is C13H24ClN3O2. The number of rotatable bonds is 2. The Morgan fingerprint density at radius 2 is 1.89 bits per heavy atom. The lowest BCUT2D eigenvalue weighted by atomic mass is 9.93. The van der Waals surface area contributed by atoms with Crippen LogP contribution in [0.5, 0.6) is 0 Å². The number of carbonyl (C=O) groups is 2. The second-order valence-corrected chi connectivity index (χ2v) is 5.54. The van der Waals surface area contributed by atoms with Gasteiger partial charge in [-0.05, 0) is 31.8 Å². The molecule has 2 aliphatic heterocycles. The fourth-order valence-electron chi connectivity index (χ4n) is 2.90. The molecule has 0 saturated carbocycles. The average molecular weight is 290 g/mol. The first-order valence-corrected chi connectivity index (χ1v) is 6.90. The van der Waals surface area contributed by atoms with Crippen molar-refractivity contribution in [3.8, 4) is 0 Å². The third-order valence-electron chi connectivity index (χ3n) is 3.86. The van der Waals surface area contributed by atoms with Crippen molar-refractivity contribution in [3.63, 3.8) is 0 Å². The Morgan fingerprint density at radius 1 is 1.26 bits per heavy atom. The zero-order valence-corrected chi connectivity index (χ0v) is 12.5. The predicted octanol–water partition coefficient (Wildman–Crippen LogP) is 0.391. The molecule has 2 saturated heterocycles. The summed E-state index contributed by atoms with van der Waals surface area (Å²) in [4.78, 5) is 26.3. The largest absolute Gasteiger partial charge is 0.353 e. The highest BCUT2D eigenvalue weighted by molar-refractivity contribution is 5.89. The molecule has 19 heavy (non-hydrogen) atoms. The smallest absolute Gasteiger partial charge is 0.243 e. The number of halogens is 1. The monoisotopic (exact) mass is 289 g/mol. The van der Waals surface area contributed by atoms with E-state index in [1.807, 2.05) is 13.8 Å². The molecule has 110 valence electrons. The lowest BCUT2D eigenvalue weighted by Crippen LogP contribution is -2.60. The maximum Gasteiger partial charge on any atom is 0.243 e. The minimum absolute atomic E-state index is 0. The Balaban J connectivity index is 0.00000180. The van der Waals surface area contributed by atoms with Crippen LogP contribution in [0.3, 0.4) is 0 Å².